The number of hydrogen-bond donors (Lipinski definition) is 14. The molecule has 0 amide bonds. The zero-order valence-corrected chi connectivity index (χ0v) is 22.9. The third-order valence-corrected chi connectivity index (χ3v) is 7.70. The van der Waals surface area contributed by atoms with Crippen LogP contribution in [0.15, 0.2) is 0 Å². The topological polar surface area (TPSA) is 384 Å². The smallest absolute Gasteiger partial charge is 0.470 e. The monoisotopic (exact) mass is 656 g/mol. The van der Waals surface area contributed by atoms with Gasteiger partial charge in [0.15, 0.2) is 18.7 Å². The maximum atomic E-state index is 11.9. The molecule has 16 atom stereocenters. The normalized spacial score (nSPS) is 46.8. The lowest BCUT2D eigenvalue weighted by atomic mass is 9.89. The van der Waals surface area contributed by atoms with Crippen molar-refractivity contribution in [1.82, 2.24) is 0 Å². The lowest BCUT2D eigenvalue weighted by molar-refractivity contribution is -0.359. The Morgan fingerprint density at radius 2 is 1.49 bits per heavy atom. The molecule has 0 bridgehead atoms. The first kappa shape index (κ1) is 36.4. The highest BCUT2D eigenvalue weighted by Crippen LogP contribution is 2.42. The first-order valence-electron chi connectivity index (χ1n) is 12.6. The molecule has 3 fully saturated rings. The second kappa shape index (κ2) is 14.1. The first-order valence-corrected chi connectivity index (χ1v) is 14.2. The number of phosphoric ester groups is 1. The van der Waals surface area contributed by atoms with Crippen molar-refractivity contribution in [3.05, 3.63) is 0 Å². The number of phosphoric acid groups is 1. The van der Waals surface area contributed by atoms with Crippen LogP contribution < -0.4 is 11.5 Å². The van der Waals surface area contributed by atoms with Crippen molar-refractivity contribution in [2.45, 2.75) is 97.6 Å². The molecule has 0 aromatic rings. The zero-order valence-electron chi connectivity index (χ0n) is 22.0. The number of ether oxygens (including phenoxy) is 5. The minimum absolute atomic E-state index is 0.667. The van der Waals surface area contributed by atoms with Gasteiger partial charge < -0.3 is 96.0 Å². The number of rotatable bonds is 11. The van der Waals surface area contributed by atoms with Gasteiger partial charge in [0, 0.05) is 0 Å². The van der Waals surface area contributed by atoms with E-state index in [9.17, 15) is 65.1 Å². The van der Waals surface area contributed by atoms with Crippen molar-refractivity contribution in [3.8, 4) is 0 Å². The molecule has 0 aliphatic carbocycles. The van der Waals surface area contributed by atoms with Gasteiger partial charge in [-0.1, -0.05) is 0 Å². The van der Waals surface area contributed by atoms with Crippen LogP contribution in [0.5, 0.6) is 0 Å². The second-order valence-electron chi connectivity index (χ2n) is 10.2. The Morgan fingerprint density at radius 3 is 2.05 bits per heavy atom. The van der Waals surface area contributed by atoms with E-state index in [1.54, 1.807) is 0 Å². The van der Waals surface area contributed by atoms with Crippen molar-refractivity contribution in [3.63, 3.8) is 0 Å². The molecule has 3 rings (SSSR count). The molecule has 22 nitrogen and oxygen atoms in total. The highest BCUT2D eigenvalue weighted by molar-refractivity contribution is 7.46. The van der Waals surface area contributed by atoms with Crippen LogP contribution in [0.1, 0.15) is 0 Å². The first-order chi connectivity index (χ1) is 19.8. The fourth-order valence-corrected chi connectivity index (χ4v) is 5.33. The molecular weight excluding hydrogens is 619 g/mol. The summed E-state index contributed by atoms with van der Waals surface area (Å²) in [6, 6.07) is -3.00. The van der Waals surface area contributed by atoms with Gasteiger partial charge in [-0.2, -0.15) is 0 Å². The molecule has 0 unspecified atom stereocenters. The molecule has 3 saturated heterocycles. The number of aliphatic carboxylic acids is 1. The standard InChI is InChI=1S/C20H37N2O20P/c21-7-10(26)9(25)5(39-17(7)30)2-38-18-8(22)11(27)15(42-43(34,35)36)6(40-18)3-37-16-13(29)12(28)14(4(24)1-23)41-20(16,33)19(31)32/h4-18,23-30,33H,1-3,21-22H2,(H,31,32)(H2,34,35,36)/t4-,5-,6-,7-,8-,9-,10-,11-,12-,13+,14-,15-,16-,17+,18-,20-/m1/s1. The molecular formula is C20H37N2O20P. The molecule has 23 heteroatoms. The molecule has 252 valence electrons. The Kier molecular flexibility index (Phi) is 12.0. The van der Waals surface area contributed by atoms with Gasteiger partial charge in [0.1, 0.15) is 61.0 Å². The van der Waals surface area contributed by atoms with E-state index < -0.39 is 131 Å². The lowest BCUT2D eigenvalue weighted by Crippen LogP contribution is -2.71. The minimum atomic E-state index is -5.38. The van der Waals surface area contributed by atoms with Gasteiger partial charge in [0.05, 0.1) is 31.9 Å². The minimum Gasteiger partial charge on any atom is -0.477 e. The Balaban J connectivity index is 1.81. The number of hydrogen-bond acceptors (Lipinski definition) is 19. The van der Waals surface area contributed by atoms with E-state index in [4.69, 9.17) is 40.3 Å². The third-order valence-electron chi connectivity index (χ3n) is 7.18. The van der Waals surface area contributed by atoms with Gasteiger partial charge in [0.2, 0.25) is 0 Å². The van der Waals surface area contributed by atoms with E-state index in [-0.39, 0.29) is 0 Å². The van der Waals surface area contributed by atoms with Crippen LogP contribution in [-0.4, -0.2) is 184 Å². The predicted octanol–water partition coefficient (Wildman–Crippen LogP) is -8.71. The van der Waals surface area contributed by atoms with Crippen LogP contribution in [0.4, 0.5) is 0 Å². The molecule has 3 aliphatic heterocycles. The van der Waals surface area contributed by atoms with E-state index in [0.29, 0.717) is 0 Å². The fraction of sp³-hybridized carbons (Fsp3) is 0.950. The number of aliphatic hydroxyl groups is 9. The van der Waals surface area contributed by atoms with Crippen molar-refractivity contribution in [2.75, 3.05) is 19.8 Å². The molecule has 0 saturated carbocycles. The molecule has 16 N–H and O–H groups in total. The fourth-order valence-electron chi connectivity index (χ4n) is 4.75. The van der Waals surface area contributed by atoms with Gasteiger partial charge in [-0.25, -0.2) is 9.36 Å². The molecule has 3 heterocycles. The molecule has 0 spiro atoms. The summed E-state index contributed by atoms with van der Waals surface area (Å²) in [4.78, 5) is 30.5. The maximum Gasteiger partial charge on any atom is 0.470 e. The summed E-state index contributed by atoms with van der Waals surface area (Å²) in [5.41, 5.74) is 11.4. The van der Waals surface area contributed by atoms with Crippen molar-refractivity contribution >= 4 is 13.8 Å². The maximum absolute atomic E-state index is 11.9. The summed E-state index contributed by atoms with van der Waals surface area (Å²) in [6.07, 6.45) is -24.9. The molecule has 3 aliphatic rings. The van der Waals surface area contributed by atoms with Gasteiger partial charge in [-0.05, 0) is 0 Å². The Morgan fingerprint density at radius 1 is 0.884 bits per heavy atom. The van der Waals surface area contributed by atoms with E-state index in [2.05, 4.69) is 4.52 Å². The summed E-state index contributed by atoms with van der Waals surface area (Å²) in [6.45, 7) is -2.80. The zero-order chi connectivity index (χ0) is 32.6. The van der Waals surface area contributed by atoms with Crippen LogP contribution in [0.25, 0.3) is 0 Å². The molecule has 0 radical (unpaired) electrons. The SMILES string of the molecule is N[C@@H]1[C@@H](O)[C@H](O)[C@@H](CO[C@@H]2O[C@H](CO[C@@H]3[C@@H](O)[C@@H](O)[C@@H]([C@H](O)CO)O[C@@]3(O)C(=O)O)[C@@H](OP(=O)(O)O)[C@H](O)[C@H]2N)O[C@@H]1O. The van der Waals surface area contributed by atoms with Crippen LogP contribution in [0.2, 0.25) is 0 Å². The van der Waals surface area contributed by atoms with Crippen LogP contribution in [0.3, 0.4) is 0 Å². The molecule has 43 heavy (non-hydrogen) atoms. The Labute approximate surface area is 241 Å². The number of carbonyl (C=O) groups is 1. The molecule has 0 aromatic heterocycles. The largest absolute Gasteiger partial charge is 0.477 e. The van der Waals surface area contributed by atoms with Crippen molar-refractivity contribution < 1.29 is 98.4 Å². The summed E-state index contributed by atoms with van der Waals surface area (Å²) in [7, 11) is -5.38. The van der Waals surface area contributed by atoms with E-state index >= 15 is 0 Å². The summed E-state index contributed by atoms with van der Waals surface area (Å²) in [5.74, 6) is -5.65. The second-order valence-corrected chi connectivity index (χ2v) is 11.4. The average Bonchev–Trinajstić information content (AvgIpc) is 2.93. The van der Waals surface area contributed by atoms with Crippen molar-refractivity contribution in [2.24, 2.45) is 11.5 Å². The number of carboxylic acids is 1. The summed E-state index contributed by atoms with van der Waals surface area (Å²) in [5, 5.41) is 101. The van der Waals surface area contributed by atoms with Crippen LogP contribution in [0, 0.1) is 0 Å². The van der Waals surface area contributed by atoms with Gasteiger partial charge in [-0.15, -0.1) is 0 Å². The molecule has 0 aromatic carbocycles. The number of aliphatic hydroxyl groups excluding tert-OH is 8. The Bertz CT molecular complexity index is 992. The van der Waals surface area contributed by atoms with E-state index in [0.717, 1.165) is 0 Å². The van der Waals surface area contributed by atoms with E-state index in [1.165, 1.54) is 0 Å². The van der Waals surface area contributed by atoms with Crippen molar-refractivity contribution in [1.29, 1.82) is 0 Å². The number of carboxylic acid groups (broad SMARTS) is 1. The number of nitrogens with two attached hydrogens (primary N) is 2. The van der Waals surface area contributed by atoms with Crippen LogP contribution >= 0.6 is 7.82 Å². The summed E-state index contributed by atoms with van der Waals surface area (Å²) < 4.78 is 42.3. The quantitative estimate of drug-likeness (QED) is 0.0917. The summed E-state index contributed by atoms with van der Waals surface area (Å²) >= 11 is 0. The van der Waals surface area contributed by atoms with Gasteiger partial charge in [0.25, 0.3) is 5.79 Å². The van der Waals surface area contributed by atoms with Gasteiger partial charge in [-0.3, -0.25) is 4.52 Å². The average molecular weight is 656 g/mol. The van der Waals surface area contributed by atoms with Crippen LogP contribution in [-0.2, 0) is 37.6 Å². The van der Waals surface area contributed by atoms with E-state index in [1.807, 2.05) is 0 Å². The lowest BCUT2D eigenvalue weighted by Gasteiger charge is -2.47. The highest BCUT2D eigenvalue weighted by atomic mass is 31.2. The van der Waals surface area contributed by atoms with Gasteiger partial charge >= 0.3 is 13.8 Å². The predicted molar refractivity (Wildman–Crippen MR) is 129 cm³/mol. The Hall–Kier alpha value is -1.06. The highest BCUT2D eigenvalue weighted by Gasteiger charge is 2.61. The third kappa shape index (κ3) is 7.85.